The Balaban J connectivity index is 1.27. The smallest absolute Gasteiger partial charge is 0.222 e. The third-order valence-electron chi connectivity index (χ3n) is 5.78. The molecule has 152 valence electrons. The van der Waals surface area contributed by atoms with Gasteiger partial charge in [-0.3, -0.25) is 9.69 Å². The van der Waals surface area contributed by atoms with Crippen LogP contribution in [0.15, 0.2) is 24.3 Å². The molecule has 0 radical (unpaired) electrons. The fraction of sp³-hybridized carbons (Fsp3) is 0.636. The van der Waals surface area contributed by atoms with Crippen LogP contribution >= 0.6 is 11.3 Å². The fourth-order valence-electron chi connectivity index (χ4n) is 4.65. The number of morpholine rings is 1. The second-order valence-corrected chi connectivity index (χ2v) is 9.40. The highest BCUT2D eigenvalue weighted by Gasteiger charge is 2.32. The van der Waals surface area contributed by atoms with Gasteiger partial charge in [-0.05, 0) is 51.7 Å². The number of amides is 1. The summed E-state index contributed by atoms with van der Waals surface area (Å²) in [6.45, 7) is 8.13. The van der Waals surface area contributed by atoms with E-state index in [-0.39, 0.29) is 12.2 Å². The standard InChI is InChI=1S/C22H31N3O2S/c1-16-13-24(14-17(2)27-16)15-18-7-6-12-25(18)22(26)11-5-10-21-23-19-8-3-4-9-20(19)28-21/h3-4,8-9,16-18H,5-7,10-15H2,1-2H3. The Bertz CT molecular complexity index is 765. The predicted molar refractivity (Wildman–Crippen MR) is 114 cm³/mol. The van der Waals surface area contributed by atoms with Gasteiger partial charge in [0.2, 0.25) is 5.91 Å². The van der Waals surface area contributed by atoms with Crippen molar-refractivity contribution >= 4 is 27.5 Å². The molecule has 0 saturated carbocycles. The van der Waals surface area contributed by atoms with Crippen LogP contribution in [0.25, 0.3) is 10.2 Å². The van der Waals surface area contributed by atoms with Crippen LogP contribution in [0.4, 0.5) is 0 Å². The Morgan fingerprint density at radius 2 is 2.04 bits per heavy atom. The number of hydrogen-bond acceptors (Lipinski definition) is 5. The fourth-order valence-corrected chi connectivity index (χ4v) is 5.66. The van der Waals surface area contributed by atoms with Crippen LogP contribution < -0.4 is 0 Å². The van der Waals surface area contributed by atoms with Gasteiger partial charge in [-0.2, -0.15) is 0 Å². The second-order valence-electron chi connectivity index (χ2n) is 8.29. The molecule has 1 amide bonds. The maximum atomic E-state index is 12.9. The zero-order valence-electron chi connectivity index (χ0n) is 17.0. The highest BCUT2D eigenvalue weighted by atomic mass is 32.1. The summed E-state index contributed by atoms with van der Waals surface area (Å²) in [7, 11) is 0. The summed E-state index contributed by atoms with van der Waals surface area (Å²) in [6.07, 6.45) is 5.22. The molecule has 6 heteroatoms. The van der Waals surface area contributed by atoms with Crippen molar-refractivity contribution in [3.8, 4) is 0 Å². The van der Waals surface area contributed by atoms with Gasteiger partial charge in [-0.1, -0.05) is 12.1 Å². The molecule has 2 aliphatic heterocycles. The quantitative estimate of drug-likeness (QED) is 0.740. The molecule has 0 bridgehead atoms. The van der Waals surface area contributed by atoms with E-state index in [1.165, 1.54) is 4.70 Å². The number of benzene rings is 1. The Morgan fingerprint density at radius 3 is 2.82 bits per heavy atom. The van der Waals surface area contributed by atoms with Gasteiger partial charge in [0.1, 0.15) is 0 Å². The molecule has 4 rings (SSSR count). The topological polar surface area (TPSA) is 45.7 Å². The van der Waals surface area contributed by atoms with Crippen LogP contribution in [0.5, 0.6) is 0 Å². The van der Waals surface area contributed by atoms with E-state index in [4.69, 9.17) is 4.74 Å². The monoisotopic (exact) mass is 401 g/mol. The Kier molecular flexibility index (Phi) is 6.28. The molecule has 2 aliphatic rings. The molecule has 1 aromatic carbocycles. The maximum Gasteiger partial charge on any atom is 0.222 e. The molecular formula is C22H31N3O2S. The predicted octanol–water partition coefficient (Wildman–Crippen LogP) is 3.72. The van der Waals surface area contributed by atoms with Gasteiger partial charge in [-0.25, -0.2) is 4.98 Å². The number of nitrogens with zero attached hydrogens (tertiary/aromatic N) is 3. The van der Waals surface area contributed by atoms with Crippen molar-refractivity contribution in [2.45, 2.75) is 64.2 Å². The van der Waals surface area contributed by atoms with E-state index < -0.39 is 0 Å². The summed E-state index contributed by atoms with van der Waals surface area (Å²) in [4.78, 5) is 22.2. The molecule has 5 nitrogen and oxygen atoms in total. The first kappa shape index (κ1) is 19.8. The molecule has 0 aliphatic carbocycles. The third-order valence-corrected chi connectivity index (χ3v) is 6.88. The lowest BCUT2D eigenvalue weighted by Crippen LogP contribution is -2.50. The Labute approximate surface area is 171 Å². The highest BCUT2D eigenvalue weighted by Crippen LogP contribution is 2.24. The van der Waals surface area contributed by atoms with Gasteiger partial charge in [0.05, 0.1) is 27.4 Å². The number of rotatable bonds is 6. The van der Waals surface area contributed by atoms with Crippen molar-refractivity contribution in [3.05, 3.63) is 29.3 Å². The number of likely N-dealkylation sites (tertiary alicyclic amines) is 1. The number of para-hydroxylation sites is 1. The van der Waals surface area contributed by atoms with E-state index in [1.54, 1.807) is 11.3 Å². The van der Waals surface area contributed by atoms with Crippen molar-refractivity contribution in [2.24, 2.45) is 0 Å². The Hall–Kier alpha value is -1.50. The Morgan fingerprint density at radius 1 is 1.25 bits per heavy atom. The maximum absolute atomic E-state index is 12.9. The van der Waals surface area contributed by atoms with Crippen LogP contribution in [-0.2, 0) is 16.0 Å². The van der Waals surface area contributed by atoms with E-state index >= 15 is 0 Å². The van der Waals surface area contributed by atoms with Gasteiger partial charge in [-0.15, -0.1) is 11.3 Å². The summed E-state index contributed by atoms with van der Waals surface area (Å²) in [5.41, 5.74) is 1.07. The van der Waals surface area contributed by atoms with Crippen molar-refractivity contribution < 1.29 is 9.53 Å². The molecular weight excluding hydrogens is 370 g/mol. The molecule has 1 aromatic heterocycles. The largest absolute Gasteiger partial charge is 0.373 e. The van der Waals surface area contributed by atoms with Gasteiger partial charge >= 0.3 is 0 Å². The van der Waals surface area contributed by atoms with E-state index in [0.717, 1.165) is 62.4 Å². The number of carbonyl (C=O) groups excluding carboxylic acids is 1. The summed E-state index contributed by atoms with van der Waals surface area (Å²) >= 11 is 1.75. The van der Waals surface area contributed by atoms with Crippen molar-refractivity contribution in [3.63, 3.8) is 0 Å². The molecule has 28 heavy (non-hydrogen) atoms. The van der Waals surface area contributed by atoms with Gasteiger partial charge in [0, 0.05) is 38.6 Å². The lowest BCUT2D eigenvalue weighted by Gasteiger charge is -2.38. The average Bonchev–Trinajstić information content (AvgIpc) is 3.27. The molecule has 0 N–H and O–H groups in total. The van der Waals surface area contributed by atoms with Crippen LogP contribution in [0, 0.1) is 0 Å². The molecule has 2 fully saturated rings. The molecule has 3 atom stereocenters. The number of ether oxygens (including phenoxy) is 1. The van der Waals surface area contributed by atoms with Gasteiger partial charge in [0.15, 0.2) is 0 Å². The minimum absolute atomic E-state index is 0.281. The van der Waals surface area contributed by atoms with Crippen LogP contribution in [0.1, 0.15) is 44.5 Å². The minimum atomic E-state index is 0.281. The van der Waals surface area contributed by atoms with Gasteiger partial charge < -0.3 is 9.64 Å². The zero-order chi connectivity index (χ0) is 19.5. The summed E-state index contributed by atoms with van der Waals surface area (Å²) in [5.74, 6) is 0.318. The van der Waals surface area contributed by atoms with Crippen molar-refractivity contribution in [1.29, 1.82) is 0 Å². The molecule has 3 heterocycles. The molecule has 3 unspecified atom stereocenters. The first-order valence-corrected chi connectivity index (χ1v) is 11.4. The van der Waals surface area contributed by atoms with E-state index in [1.807, 2.05) is 6.07 Å². The number of carbonyl (C=O) groups is 1. The van der Waals surface area contributed by atoms with Crippen LogP contribution in [-0.4, -0.2) is 65.1 Å². The normalized spacial score (nSPS) is 26.2. The lowest BCUT2D eigenvalue weighted by molar-refractivity contribution is -0.133. The number of aromatic nitrogens is 1. The first-order valence-electron chi connectivity index (χ1n) is 10.6. The third kappa shape index (κ3) is 4.73. The van der Waals surface area contributed by atoms with E-state index in [0.29, 0.717) is 18.4 Å². The minimum Gasteiger partial charge on any atom is -0.373 e. The number of aryl methyl sites for hydroxylation is 1. The molecule has 0 spiro atoms. The van der Waals surface area contributed by atoms with Crippen LogP contribution in [0.3, 0.4) is 0 Å². The SMILES string of the molecule is CC1CN(CC2CCCN2C(=O)CCCc2nc3ccccc3s2)CC(C)O1. The van der Waals surface area contributed by atoms with Crippen molar-refractivity contribution in [2.75, 3.05) is 26.2 Å². The molecule has 2 saturated heterocycles. The van der Waals surface area contributed by atoms with E-state index in [9.17, 15) is 4.79 Å². The number of thiazole rings is 1. The van der Waals surface area contributed by atoms with Gasteiger partial charge in [0.25, 0.3) is 0 Å². The van der Waals surface area contributed by atoms with Crippen LogP contribution in [0.2, 0.25) is 0 Å². The first-order chi connectivity index (χ1) is 13.6. The number of hydrogen-bond donors (Lipinski definition) is 0. The number of fused-ring (bicyclic) bond motifs is 1. The second kappa shape index (κ2) is 8.89. The summed E-state index contributed by atoms with van der Waals surface area (Å²) in [6, 6.07) is 8.62. The molecule has 2 aromatic rings. The van der Waals surface area contributed by atoms with Crippen molar-refractivity contribution in [1.82, 2.24) is 14.8 Å². The zero-order valence-corrected chi connectivity index (χ0v) is 17.8. The summed E-state index contributed by atoms with van der Waals surface area (Å²) in [5, 5.41) is 1.14. The van der Waals surface area contributed by atoms with E-state index in [2.05, 4.69) is 46.8 Å². The lowest BCUT2D eigenvalue weighted by atomic mass is 10.1. The summed E-state index contributed by atoms with van der Waals surface area (Å²) < 4.78 is 7.08. The average molecular weight is 402 g/mol. The highest BCUT2D eigenvalue weighted by molar-refractivity contribution is 7.18.